The van der Waals surface area contributed by atoms with E-state index in [4.69, 9.17) is 0 Å². The Balaban J connectivity index is 1.87. The van der Waals surface area contributed by atoms with E-state index < -0.39 is 0 Å². The van der Waals surface area contributed by atoms with Crippen molar-refractivity contribution in [1.82, 2.24) is 0 Å². The molecule has 0 radical (unpaired) electrons. The van der Waals surface area contributed by atoms with Crippen LogP contribution in [-0.2, 0) is 0 Å². The largest absolute Gasteiger partial charge is 0.0599 e. The third-order valence-corrected chi connectivity index (χ3v) is 5.04. The smallest absolute Gasteiger partial charge is 0.0204 e. The third-order valence-electron chi connectivity index (χ3n) is 5.04. The molecule has 68 valence electrons. The van der Waals surface area contributed by atoms with Crippen LogP contribution in [-0.4, -0.2) is 0 Å². The summed E-state index contributed by atoms with van der Waals surface area (Å²) in [5.41, 5.74) is 1.49. The van der Waals surface area contributed by atoms with Crippen molar-refractivity contribution in [3.8, 4) is 0 Å². The van der Waals surface area contributed by atoms with E-state index in [2.05, 4.69) is 20.8 Å². The van der Waals surface area contributed by atoms with Crippen LogP contribution in [0.25, 0.3) is 0 Å². The summed E-state index contributed by atoms with van der Waals surface area (Å²) in [6.45, 7) is 7.32. The molecule has 4 unspecified atom stereocenters. The summed E-state index contributed by atoms with van der Waals surface area (Å²) < 4.78 is 0. The minimum Gasteiger partial charge on any atom is -0.0599 e. The Bertz CT molecular complexity index is 223. The van der Waals surface area contributed by atoms with Gasteiger partial charge < -0.3 is 0 Å². The highest BCUT2D eigenvalue weighted by Crippen LogP contribution is 2.81. The van der Waals surface area contributed by atoms with Gasteiger partial charge in [0, 0.05) is 0 Å². The second-order valence-corrected chi connectivity index (χ2v) is 6.44. The van der Waals surface area contributed by atoms with E-state index in [1.54, 1.807) is 25.7 Å². The van der Waals surface area contributed by atoms with Gasteiger partial charge in [0.05, 0.1) is 0 Å². The third kappa shape index (κ3) is 0.625. The van der Waals surface area contributed by atoms with Gasteiger partial charge in [0.1, 0.15) is 0 Å². The first-order valence-corrected chi connectivity index (χ1v) is 5.55. The molecule has 12 heavy (non-hydrogen) atoms. The maximum absolute atomic E-state index is 2.44. The Morgan fingerprint density at radius 1 is 1.08 bits per heavy atom. The normalized spacial score (nSPS) is 55.8. The molecule has 0 heterocycles. The second-order valence-electron chi connectivity index (χ2n) is 6.44. The van der Waals surface area contributed by atoms with Gasteiger partial charge in [-0.2, -0.15) is 0 Å². The van der Waals surface area contributed by atoms with Gasteiger partial charge in [-0.15, -0.1) is 0 Å². The summed E-state index contributed by atoms with van der Waals surface area (Å²) in [6, 6.07) is 0. The van der Waals surface area contributed by atoms with Gasteiger partial charge >= 0.3 is 0 Å². The molecule has 0 saturated heterocycles. The topological polar surface area (TPSA) is 0 Å². The summed E-state index contributed by atoms with van der Waals surface area (Å²) in [7, 11) is 0. The molecule has 0 nitrogen and oxygen atoms in total. The van der Waals surface area contributed by atoms with Crippen LogP contribution in [0.15, 0.2) is 0 Å². The van der Waals surface area contributed by atoms with Crippen molar-refractivity contribution in [3.63, 3.8) is 0 Å². The molecule has 1 spiro atoms. The molecule has 4 atom stereocenters. The van der Waals surface area contributed by atoms with Crippen LogP contribution >= 0.6 is 0 Å². The molecule has 3 rings (SSSR count). The van der Waals surface area contributed by atoms with Crippen molar-refractivity contribution < 1.29 is 0 Å². The lowest BCUT2D eigenvalue weighted by Crippen LogP contribution is -2.44. The fraction of sp³-hybridized carbons (Fsp3) is 1.00. The average Bonchev–Trinajstić information content (AvgIpc) is 2.54. The fourth-order valence-corrected chi connectivity index (χ4v) is 4.46. The molecule has 3 aliphatic rings. The van der Waals surface area contributed by atoms with E-state index >= 15 is 0 Å². The standard InChI is InChI=1S/C12H20/c1-11(2,3)10-6-8-4-5-9-7-12(8,9)10/h8-10H,4-7H2,1-3H3. The number of hydrogen-bond donors (Lipinski definition) is 0. The van der Waals surface area contributed by atoms with Gasteiger partial charge in [0.15, 0.2) is 0 Å². The van der Waals surface area contributed by atoms with Crippen LogP contribution in [0.5, 0.6) is 0 Å². The first-order valence-electron chi connectivity index (χ1n) is 5.55. The fourth-order valence-electron chi connectivity index (χ4n) is 4.46. The Kier molecular flexibility index (Phi) is 1.09. The summed E-state index contributed by atoms with van der Waals surface area (Å²) in [6.07, 6.45) is 6.29. The number of rotatable bonds is 0. The molecule has 3 saturated carbocycles. The highest BCUT2D eigenvalue weighted by Gasteiger charge is 2.73. The molecule has 0 aliphatic heterocycles. The maximum atomic E-state index is 2.44. The minimum absolute atomic E-state index is 0.593. The van der Waals surface area contributed by atoms with Crippen molar-refractivity contribution in [1.29, 1.82) is 0 Å². The molecule has 0 aromatic rings. The zero-order valence-electron chi connectivity index (χ0n) is 8.56. The van der Waals surface area contributed by atoms with Crippen molar-refractivity contribution in [2.45, 2.75) is 46.5 Å². The minimum atomic E-state index is 0.593. The van der Waals surface area contributed by atoms with Gasteiger partial charge in [-0.05, 0) is 54.3 Å². The van der Waals surface area contributed by atoms with E-state index in [0.29, 0.717) is 5.41 Å². The van der Waals surface area contributed by atoms with Crippen LogP contribution in [0, 0.1) is 28.6 Å². The predicted octanol–water partition coefficient (Wildman–Crippen LogP) is 3.47. The SMILES string of the molecule is CC(C)(C)C1CC2CCC3CC231. The predicted molar refractivity (Wildman–Crippen MR) is 50.8 cm³/mol. The Morgan fingerprint density at radius 3 is 2.25 bits per heavy atom. The van der Waals surface area contributed by atoms with Crippen molar-refractivity contribution in [3.05, 3.63) is 0 Å². The van der Waals surface area contributed by atoms with Gasteiger partial charge in [-0.25, -0.2) is 0 Å². The highest BCUT2D eigenvalue weighted by atomic mass is 14.8. The van der Waals surface area contributed by atoms with Crippen LogP contribution in [0.2, 0.25) is 0 Å². The summed E-state index contributed by atoms with van der Waals surface area (Å²) in [5.74, 6) is 3.40. The Hall–Kier alpha value is 0. The monoisotopic (exact) mass is 164 g/mol. The van der Waals surface area contributed by atoms with Crippen LogP contribution < -0.4 is 0 Å². The summed E-state index contributed by atoms with van der Waals surface area (Å²) in [4.78, 5) is 0. The van der Waals surface area contributed by atoms with Gasteiger partial charge in [0.25, 0.3) is 0 Å². The Labute approximate surface area is 75.7 Å². The average molecular weight is 164 g/mol. The van der Waals surface area contributed by atoms with E-state index in [-0.39, 0.29) is 0 Å². The molecule has 0 amide bonds. The lowest BCUT2D eigenvalue weighted by atomic mass is 9.54. The van der Waals surface area contributed by atoms with Gasteiger partial charge in [-0.3, -0.25) is 0 Å². The van der Waals surface area contributed by atoms with E-state index in [1.807, 2.05) is 0 Å². The van der Waals surface area contributed by atoms with Gasteiger partial charge in [-0.1, -0.05) is 20.8 Å². The molecule has 3 aliphatic carbocycles. The molecule has 3 fully saturated rings. The lowest BCUT2D eigenvalue weighted by molar-refractivity contribution is -0.0258. The van der Waals surface area contributed by atoms with Crippen molar-refractivity contribution in [2.75, 3.05) is 0 Å². The van der Waals surface area contributed by atoms with Crippen molar-refractivity contribution in [2.24, 2.45) is 28.6 Å². The van der Waals surface area contributed by atoms with E-state index in [1.165, 1.54) is 5.92 Å². The van der Waals surface area contributed by atoms with E-state index in [0.717, 1.165) is 17.3 Å². The molecule has 0 heteroatoms. The van der Waals surface area contributed by atoms with Crippen LogP contribution in [0.1, 0.15) is 46.5 Å². The molecule has 0 aromatic carbocycles. The Morgan fingerprint density at radius 2 is 1.75 bits per heavy atom. The molecular weight excluding hydrogens is 144 g/mol. The highest BCUT2D eigenvalue weighted by molar-refractivity contribution is 5.22. The van der Waals surface area contributed by atoms with E-state index in [9.17, 15) is 0 Å². The summed E-state index contributed by atoms with van der Waals surface area (Å²) in [5, 5.41) is 0. The molecule has 0 aromatic heterocycles. The zero-order valence-corrected chi connectivity index (χ0v) is 8.56. The quantitative estimate of drug-likeness (QED) is 0.514. The van der Waals surface area contributed by atoms with Crippen LogP contribution in [0.3, 0.4) is 0 Å². The van der Waals surface area contributed by atoms with Crippen LogP contribution in [0.4, 0.5) is 0 Å². The second kappa shape index (κ2) is 1.76. The first kappa shape index (κ1) is 7.41. The lowest BCUT2D eigenvalue weighted by Gasteiger charge is -2.51. The summed E-state index contributed by atoms with van der Waals surface area (Å²) >= 11 is 0. The zero-order chi connectivity index (χ0) is 8.56. The molecule has 0 bridgehead atoms. The van der Waals surface area contributed by atoms with Gasteiger partial charge in [0.2, 0.25) is 0 Å². The van der Waals surface area contributed by atoms with Crippen molar-refractivity contribution >= 4 is 0 Å². The molecular formula is C12H20. The first-order chi connectivity index (χ1) is 5.55. The number of hydrogen-bond acceptors (Lipinski definition) is 0. The maximum Gasteiger partial charge on any atom is -0.0204 e. The molecule has 0 N–H and O–H groups in total.